The smallest absolute Gasteiger partial charge is 0.0602 e. The van der Waals surface area contributed by atoms with Gasteiger partial charge in [0.25, 0.3) is 0 Å². The highest BCUT2D eigenvalue weighted by molar-refractivity contribution is 4.83. The van der Waals surface area contributed by atoms with Crippen molar-refractivity contribution in [2.24, 2.45) is 17.6 Å². The molecule has 0 bridgehead atoms. The van der Waals surface area contributed by atoms with Crippen molar-refractivity contribution in [3.63, 3.8) is 0 Å². The normalized spacial score (nSPS) is 16.4. The monoisotopic (exact) mass is 216 g/mol. The van der Waals surface area contributed by atoms with Crippen LogP contribution in [0.15, 0.2) is 0 Å². The summed E-state index contributed by atoms with van der Waals surface area (Å²) in [7, 11) is 0. The molecule has 15 heavy (non-hydrogen) atoms. The lowest BCUT2D eigenvalue weighted by atomic mass is 9.96. The molecule has 0 aliphatic heterocycles. The fourth-order valence-corrected chi connectivity index (χ4v) is 1.89. The average Bonchev–Trinajstić information content (AvgIpc) is 2.16. The molecule has 2 atom stereocenters. The highest BCUT2D eigenvalue weighted by Crippen LogP contribution is 2.12. The number of rotatable bonds is 7. The van der Waals surface area contributed by atoms with Crippen LogP contribution in [0.2, 0.25) is 0 Å². The summed E-state index contributed by atoms with van der Waals surface area (Å²) >= 11 is 0. The first-order valence-corrected chi connectivity index (χ1v) is 6.04. The van der Waals surface area contributed by atoms with E-state index in [9.17, 15) is 5.11 Å². The Kier molecular flexibility index (Phi) is 7.14. The number of hydrogen-bond donors (Lipinski definition) is 2. The predicted molar refractivity (Wildman–Crippen MR) is 65.8 cm³/mol. The number of hydrogen-bond acceptors (Lipinski definition) is 3. The summed E-state index contributed by atoms with van der Waals surface area (Å²) in [5.41, 5.74) is 6.12. The van der Waals surface area contributed by atoms with Crippen LogP contribution in [0, 0.1) is 11.8 Å². The van der Waals surface area contributed by atoms with Crippen molar-refractivity contribution in [1.29, 1.82) is 0 Å². The lowest BCUT2D eigenvalue weighted by Gasteiger charge is -2.36. The fraction of sp³-hybridized carbons (Fsp3) is 1.00. The summed E-state index contributed by atoms with van der Waals surface area (Å²) in [4.78, 5) is 2.29. The molecule has 0 rings (SSSR count). The minimum Gasteiger partial charge on any atom is -0.395 e. The van der Waals surface area contributed by atoms with Crippen LogP contribution in [0.25, 0.3) is 0 Å². The number of aliphatic hydroxyl groups excluding tert-OH is 1. The van der Waals surface area contributed by atoms with Gasteiger partial charge in [0.1, 0.15) is 0 Å². The van der Waals surface area contributed by atoms with Gasteiger partial charge >= 0.3 is 0 Å². The van der Waals surface area contributed by atoms with E-state index in [0.29, 0.717) is 11.8 Å². The van der Waals surface area contributed by atoms with Crippen LogP contribution in [0.4, 0.5) is 0 Å². The molecular formula is C12H28N2O. The second kappa shape index (κ2) is 7.20. The zero-order valence-corrected chi connectivity index (χ0v) is 10.9. The van der Waals surface area contributed by atoms with Crippen molar-refractivity contribution in [1.82, 2.24) is 4.90 Å². The fourth-order valence-electron chi connectivity index (χ4n) is 1.89. The summed E-state index contributed by atoms with van der Waals surface area (Å²) < 4.78 is 0. The van der Waals surface area contributed by atoms with Gasteiger partial charge in [-0.2, -0.15) is 0 Å². The maximum Gasteiger partial charge on any atom is 0.0602 e. The van der Waals surface area contributed by atoms with Gasteiger partial charge in [-0.15, -0.1) is 0 Å². The summed E-state index contributed by atoms with van der Waals surface area (Å²) in [5.74, 6) is 1.02. The van der Waals surface area contributed by atoms with Gasteiger partial charge < -0.3 is 10.8 Å². The standard InChI is InChI=1S/C12H28N2O/c1-6-14(7-9(2)3)11(8-15)12(13)10(4)5/h9-12,15H,6-8,13H2,1-5H3. The highest BCUT2D eigenvalue weighted by Gasteiger charge is 2.25. The third-order valence-electron chi connectivity index (χ3n) is 2.88. The third-order valence-corrected chi connectivity index (χ3v) is 2.88. The molecule has 0 aromatic carbocycles. The molecule has 2 unspecified atom stereocenters. The van der Waals surface area contributed by atoms with E-state index in [1.807, 2.05) is 0 Å². The zero-order valence-electron chi connectivity index (χ0n) is 10.9. The van der Waals surface area contributed by atoms with Crippen molar-refractivity contribution in [3.05, 3.63) is 0 Å². The molecule has 0 saturated heterocycles. The Morgan fingerprint density at radius 3 is 2.00 bits per heavy atom. The van der Waals surface area contributed by atoms with E-state index in [-0.39, 0.29) is 18.7 Å². The molecule has 0 fully saturated rings. The van der Waals surface area contributed by atoms with Crippen LogP contribution in [-0.2, 0) is 0 Å². The molecule has 3 nitrogen and oxygen atoms in total. The summed E-state index contributed by atoms with van der Waals surface area (Å²) in [5, 5.41) is 9.44. The molecular weight excluding hydrogens is 188 g/mol. The van der Waals surface area contributed by atoms with Crippen LogP contribution in [0.5, 0.6) is 0 Å². The van der Waals surface area contributed by atoms with Crippen molar-refractivity contribution in [3.8, 4) is 0 Å². The summed E-state index contributed by atoms with van der Waals surface area (Å²) in [6.45, 7) is 12.8. The molecule has 0 radical (unpaired) electrons. The van der Waals surface area contributed by atoms with E-state index in [1.165, 1.54) is 0 Å². The second-order valence-corrected chi connectivity index (χ2v) is 5.05. The molecule has 3 N–H and O–H groups in total. The van der Waals surface area contributed by atoms with Crippen LogP contribution in [0.1, 0.15) is 34.6 Å². The Morgan fingerprint density at radius 2 is 1.73 bits per heavy atom. The number of aliphatic hydroxyl groups is 1. The van der Waals surface area contributed by atoms with E-state index in [0.717, 1.165) is 13.1 Å². The van der Waals surface area contributed by atoms with Gasteiger partial charge in [0.05, 0.1) is 6.61 Å². The molecule has 0 spiro atoms. The Morgan fingerprint density at radius 1 is 1.20 bits per heavy atom. The average molecular weight is 216 g/mol. The van der Waals surface area contributed by atoms with E-state index < -0.39 is 0 Å². The van der Waals surface area contributed by atoms with E-state index >= 15 is 0 Å². The van der Waals surface area contributed by atoms with Crippen LogP contribution < -0.4 is 5.73 Å². The Bertz CT molecular complexity index is 160. The maximum atomic E-state index is 9.44. The first kappa shape index (κ1) is 14.9. The molecule has 92 valence electrons. The minimum atomic E-state index is 0.0497. The van der Waals surface area contributed by atoms with Gasteiger partial charge in [-0.05, 0) is 18.4 Å². The molecule has 0 saturated carbocycles. The number of likely N-dealkylation sites (N-methyl/N-ethyl adjacent to an activating group) is 1. The molecule has 3 heteroatoms. The molecule has 0 aliphatic rings. The van der Waals surface area contributed by atoms with E-state index in [4.69, 9.17) is 5.73 Å². The van der Waals surface area contributed by atoms with Crippen molar-refractivity contribution in [2.75, 3.05) is 19.7 Å². The first-order valence-electron chi connectivity index (χ1n) is 6.04. The number of nitrogens with zero attached hydrogens (tertiary/aromatic N) is 1. The van der Waals surface area contributed by atoms with Gasteiger partial charge in [-0.3, -0.25) is 4.90 Å². The number of nitrogens with two attached hydrogens (primary N) is 1. The topological polar surface area (TPSA) is 49.5 Å². The Hall–Kier alpha value is -0.120. The summed E-state index contributed by atoms with van der Waals surface area (Å²) in [6.07, 6.45) is 0. The Labute approximate surface area is 94.6 Å². The third kappa shape index (κ3) is 4.96. The lowest BCUT2D eigenvalue weighted by molar-refractivity contribution is 0.0863. The second-order valence-electron chi connectivity index (χ2n) is 5.05. The van der Waals surface area contributed by atoms with Crippen molar-refractivity contribution >= 4 is 0 Å². The van der Waals surface area contributed by atoms with E-state index in [1.54, 1.807) is 0 Å². The quantitative estimate of drug-likeness (QED) is 0.674. The molecule has 0 aromatic rings. The van der Waals surface area contributed by atoms with Crippen molar-refractivity contribution < 1.29 is 5.11 Å². The van der Waals surface area contributed by atoms with Crippen molar-refractivity contribution in [2.45, 2.75) is 46.7 Å². The van der Waals surface area contributed by atoms with Gasteiger partial charge in [-0.25, -0.2) is 0 Å². The molecule has 0 amide bonds. The highest BCUT2D eigenvalue weighted by atomic mass is 16.3. The van der Waals surface area contributed by atoms with Crippen LogP contribution in [-0.4, -0.2) is 41.8 Å². The van der Waals surface area contributed by atoms with E-state index in [2.05, 4.69) is 39.5 Å². The maximum absolute atomic E-state index is 9.44. The van der Waals surface area contributed by atoms with Gasteiger partial charge in [-0.1, -0.05) is 34.6 Å². The molecule has 0 heterocycles. The van der Waals surface area contributed by atoms with Gasteiger partial charge in [0.2, 0.25) is 0 Å². The predicted octanol–water partition coefficient (Wildman–Crippen LogP) is 1.31. The molecule has 0 aromatic heterocycles. The Balaban J connectivity index is 4.45. The SMILES string of the molecule is CCN(CC(C)C)C(CO)C(N)C(C)C. The summed E-state index contributed by atoms with van der Waals surface area (Å²) in [6, 6.07) is 0.145. The van der Waals surface area contributed by atoms with Crippen LogP contribution >= 0.6 is 0 Å². The largest absolute Gasteiger partial charge is 0.395 e. The first-order chi connectivity index (χ1) is 6.93. The van der Waals surface area contributed by atoms with Gasteiger partial charge in [0, 0.05) is 18.6 Å². The minimum absolute atomic E-state index is 0.0497. The zero-order chi connectivity index (χ0) is 12.0. The van der Waals surface area contributed by atoms with Crippen LogP contribution in [0.3, 0.4) is 0 Å². The molecule has 0 aliphatic carbocycles. The van der Waals surface area contributed by atoms with Gasteiger partial charge in [0.15, 0.2) is 0 Å². The lowest BCUT2D eigenvalue weighted by Crippen LogP contribution is -2.53.